The van der Waals surface area contributed by atoms with Crippen molar-refractivity contribution in [3.05, 3.63) is 77.0 Å². The van der Waals surface area contributed by atoms with Crippen LogP contribution in [0.15, 0.2) is 54.6 Å². The van der Waals surface area contributed by atoms with E-state index in [9.17, 15) is 9.90 Å². The molecule has 0 radical (unpaired) electrons. The van der Waals surface area contributed by atoms with Crippen LogP contribution in [0.4, 0.5) is 0 Å². The van der Waals surface area contributed by atoms with Crippen molar-refractivity contribution in [3.63, 3.8) is 0 Å². The zero-order chi connectivity index (χ0) is 19.7. The quantitative estimate of drug-likeness (QED) is 0.717. The summed E-state index contributed by atoms with van der Waals surface area (Å²) >= 11 is 0. The molecule has 4 heteroatoms. The molecule has 1 aromatic heterocycles. The van der Waals surface area contributed by atoms with E-state index in [4.69, 9.17) is 4.98 Å². The number of pyridine rings is 1. The van der Waals surface area contributed by atoms with Crippen LogP contribution >= 0.6 is 0 Å². The zero-order valence-electron chi connectivity index (χ0n) is 16.4. The van der Waals surface area contributed by atoms with Crippen molar-refractivity contribution in [1.29, 1.82) is 0 Å². The molecular formula is C24H26N2O2. The summed E-state index contributed by atoms with van der Waals surface area (Å²) < 4.78 is 0. The van der Waals surface area contributed by atoms with Gasteiger partial charge in [0, 0.05) is 11.9 Å². The highest BCUT2D eigenvalue weighted by Crippen LogP contribution is 2.33. The Morgan fingerprint density at radius 1 is 1.11 bits per heavy atom. The second-order valence-electron chi connectivity index (χ2n) is 7.92. The highest BCUT2D eigenvalue weighted by atomic mass is 16.4. The third kappa shape index (κ3) is 3.78. The fourth-order valence-electron chi connectivity index (χ4n) is 4.41. The maximum atomic E-state index is 11.6. The predicted molar refractivity (Wildman–Crippen MR) is 111 cm³/mol. The number of aromatic nitrogens is 1. The topological polar surface area (TPSA) is 53.4 Å². The van der Waals surface area contributed by atoms with Crippen molar-refractivity contribution >= 4 is 16.9 Å². The van der Waals surface area contributed by atoms with E-state index in [1.165, 1.54) is 16.7 Å². The summed E-state index contributed by atoms with van der Waals surface area (Å²) in [6, 6.07) is 18.9. The third-order valence-electron chi connectivity index (χ3n) is 5.63. The number of nitrogens with zero attached hydrogens (tertiary/aromatic N) is 2. The summed E-state index contributed by atoms with van der Waals surface area (Å²) in [4.78, 5) is 18.9. The van der Waals surface area contributed by atoms with Gasteiger partial charge in [-0.25, -0.2) is 0 Å². The Morgan fingerprint density at radius 3 is 2.61 bits per heavy atom. The van der Waals surface area contributed by atoms with Crippen molar-refractivity contribution in [2.24, 2.45) is 5.92 Å². The number of benzene rings is 2. The van der Waals surface area contributed by atoms with Gasteiger partial charge in [0.25, 0.3) is 0 Å². The summed E-state index contributed by atoms with van der Waals surface area (Å²) in [7, 11) is 0. The fraction of sp³-hybridized carbons (Fsp3) is 0.333. The molecule has 1 fully saturated rings. The van der Waals surface area contributed by atoms with Crippen LogP contribution in [0, 0.1) is 19.8 Å². The van der Waals surface area contributed by atoms with Crippen LogP contribution in [-0.2, 0) is 4.79 Å². The molecule has 28 heavy (non-hydrogen) atoms. The van der Waals surface area contributed by atoms with Crippen molar-refractivity contribution in [3.8, 4) is 0 Å². The van der Waals surface area contributed by atoms with E-state index in [2.05, 4.69) is 55.1 Å². The molecule has 1 saturated heterocycles. The van der Waals surface area contributed by atoms with Gasteiger partial charge in [-0.2, -0.15) is 0 Å². The number of fused-ring (bicyclic) bond motifs is 1. The Bertz CT molecular complexity index is 994. The predicted octanol–water partition coefficient (Wildman–Crippen LogP) is 4.74. The fourth-order valence-corrected chi connectivity index (χ4v) is 4.41. The number of hydrogen-bond acceptors (Lipinski definition) is 3. The molecule has 0 saturated carbocycles. The molecule has 0 spiro atoms. The van der Waals surface area contributed by atoms with Gasteiger partial charge in [-0.1, -0.05) is 53.6 Å². The zero-order valence-corrected chi connectivity index (χ0v) is 16.4. The van der Waals surface area contributed by atoms with E-state index in [1.807, 2.05) is 18.2 Å². The molecule has 4 nitrogen and oxygen atoms in total. The lowest BCUT2D eigenvalue weighted by Gasteiger charge is -2.37. The van der Waals surface area contributed by atoms with Gasteiger partial charge < -0.3 is 5.11 Å². The number of hydrogen-bond donors (Lipinski definition) is 1. The van der Waals surface area contributed by atoms with E-state index in [-0.39, 0.29) is 12.0 Å². The molecule has 144 valence electrons. The van der Waals surface area contributed by atoms with Crippen LogP contribution in [0.5, 0.6) is 0 Å². The van der Waals surface area contributed by atoms with Crippen molar-refractivity contribution < 1.29 is 9.90 Å². The molecule has 0 amide bonds. The molecule has 2 atom stereocenters. The van der Waals surface area contributed by atoms with Crippen molar-refractivity contribution in [2.45, 2.75) is 32.7 Å². The van der Waals surface area contributed by atoms with Crippen LogP contribution in [0.3, 0.4) is 0 Å². The van der Waals surface area contributed by atoms with Gasteiger partial charge in [-0.3, -0.25) is 14.7 Å². The third-order valence-corrected chi connectivity index (χ3v) is 5.63. The van der Waals surface area contributed by atoms with Gasteiger partial charge in [0.05, 0.1) is 23.2 Å². The molecule has 3 aromatic rings. The van der Waals surface area contributed by atoms with Crippen molar-refractivity contribution in [2.75, 3.05) is 13.1 Å². The summed E-state index contributed by atoms with van der Waals surface area (Å²) in [5.41, 5.74) is 5.57. The van der Waals surface area contributed by atoms with Gasteiger partial charge in [0.1, 0.15) is 0 Å². The molecule has 1 N–H and O–H groups in total. The number of piperidine rings is 1. The molecule has 1 aliphatic heterocycles. The number of aliphatic carboxylic acids is 1. The minimum Gasteiger partial charge on any atom is -0.481 e. The Kier molecular flexibility index (Phi) is 5.14. The Morgan fingerprint density at radius 2 is 1.86 bits per heavy atom. The number of likely N-dealkylation sites (tertiary alicyclic amines) is 1. The number of carboxylic acid groups (broad SMARTS) is 1. The van der Waals surface area contributed by atoms with Crippen LogP contribution in [0.25, 0.3) is 10.9 Å². The highest BCUT2D eigenvalue weighted by Gasteiger charge is 2.32. The summed E-state index contributed by atoms with van der Waals surface area (Å²) in [6.45, 7) is 5.66. The average molecular weight is 374 g/mol. The molecule has 0 aliphatic carbocycles. The molecule has 0 bridgehead atoms. The SMILES string of the molecule is Cc1cc(C)cc(C(c2ccc3ccccc3n2)N2CCCC(C(=O)O)C2)c1. The van der Waals surface area contributed by atoms with Crippen LogP contribution in [-0.4, -0.2) is 34.0 Å². The lowest BCUT2D eigenvalue weighted by atomic mass is 9.92. The Hall–Kier alpha value is -2.72. The summed E-state index contributed by atoms with van der Waals surface area (Å²) in [5.74, 6) is -1.02. The summed E-state index contributed by atoms with van der Waals surface area (Å²) in [5, 5.41) is 10.7. The number of aryl methyl sites for hydroxylation is 2. The van der Waals surface area contributed by atoms with Crippen LogP contribution in [0.1, 0.15) is 41.3 Å². The molecule has 4 rings (SSSR count). The van der Waals surface area contributed by atoms with Crippen LogP contribution in [0.2, 0.25) is 0 Å². The van der Waals surface area contributed by atoms with Crippen molar-refractivity contribution in [1.82, 2.24) is 9.88 Å². The molecular weight excluding hydrogens is 348 g/mol. The first-order chi connectivity index (χ1) is 13.5. The lowest BCUT2D eigenvalue weighted by Crippen LogP contribution is -2.41. The molecule has 2 heterocycles. The second-order valence-corrected chi connectivity index (χ2v) is 7.92. The first kappa shape index (κ1) is 18.6. The average Bonchev–Trinajstić information content (AvgIpc) is 2.67. The van der Waals surface area contributed by atoms with E-state index in [0.29, 0.717) is 6.54 Å². The normalized spacial score (nSPS) is 18.9. The first-order valence-electron chi connectivity index (χ1n) is 9.92. The first-order valence-corrected chi connectivity index (χ1v) is 9.92. The van der Waals surface area contributed by atoms with Gasteiger partial charge in [-0.15, -0.1) is 0 Å². The van der Waals surface area contributed by atoms with Crippen LogP contribution < -0.4 is 0 Å². The maximum absolute atomic E-state index is 11.6. The Balaban J connectivity index is 1.81. The van der Waals surface area contributed by atoms with Gasteiger partial charge in [-0.05, 0) is 50.9 Å². The smallest absolute Gasteiger partial charge is 0.307 e. The molecule has 2 aromatic carbocycles. The van der Waals surface area contributed by atoms with Gasteiger partial charge in [0.15, 0.2) is 0 Å². The highest BCUT2D eigenvalue weighted by molar-refractivity contribution is 5.78. The number of carbonyl (C=O) groups is 1. The molecule has 1 aliphatic rings. The standard InChI is InChI=1S/C24H26N2O2/c1-16-12-17(2)14-20(13-16)23(26-11-5-7-19(15-26)24(27)28)22-10-9-18-6-3-4-8-21(18)25-22/h3-4,6,8-10,12-14,19,23H,5,7,11,15H2,1-2H3,(H,27,28). The largest absolute Gasteiger partial charge is 0.481 e. The maximum Gasteiger partial charge on any atom is 0.307 e. The number of rotatable bonds is 4. The Labute approximate surface area is 165 Å². The molecule has 2 unspecified atom stereocenters. The lowest BCUT2D eigenvalue weighted by molar-refractivity contribution is -0.143. The monoisotopic (exact) mass is 374 g/mol. The van der Waals surface area contributed by atoms with E-state index < -0.39 is 5.97 Å². The minimum atomic E-state index is -0.699. The van der Waals surface area contributed by atoms with E-state index in [0.717, 1.165) is 36.0 Å². The summed E-state index contributed by atoms with van der Waals surface area (Å²) in [6.07, 6.45) is 1.64. The van der Waals surface area contributed by atoms with Gasteiger partial charge >= 0.3 is 5.97 Å². The number of carboxylic acids is 1. The number of para-hydroxylation sites is 1. The van der Waals surface area contributed by atoms with E-state index >= 15 is 0 Å². The van der Waals surface area contributed by atoms with Gasteiger partial charge in [0.2, 0.25) is 0 Å². The minimum absolute atomic E-state index is 0.0367. The van der Waals surface area contributed by atoms with E-state index in [1.54, 1.807) is 0 Å². The second kappa shape index (κ2) is 7.72.